The van der Waals surface area contributed by atoms with Gasteiger partial charge in [-0.15, -0.1) is 10.2 Å². The molecule has 0 saturated carbocycles. The van der Waals surface area contributed by atoms with E-state index in [9.17, 15) is 4.79 Å². The summed E-state index contributed by atoms with van der Waals surface area (Å²) in [4.78, 5) is 19.1. The van der Waals surface area contributed by atoms with Gasteiger partial charge in [0.25, 0.3) is 5.91 Å². The molecule has 142 valence electrons. The van der Waals surface area contributed by atoms with Crippen LogP contribution in [0.4, 0.5) is 11.6 Å². The second kappa shape index (κ2) is 8.41. The van der Waals surface area contributed by atoms with Crippen molar-refractivity contribution in [1.82, 2.24) is 15.1 Å². The van der Waals surface area contributed by atoms with Crippen molar-refractivity contribution >= 4 is 40.1 Å². The van der Waals surface area contributed by atoms with Gasteiger partial charge >= 0.3 is 0 Å². The fourth-order valence-corrected chi connectivity index (χ4v) is 4.26. The Morgan fingerprint density at radius 2 is 1.44 bits per heavy atom. The van der Waals surface area contributed by atoms with Crippen LogP contribution in [0.25, 0.3) is 0 Å². The van der Waals surface area contributed by atoms with Gasteiger partial charge in [-0.3, -0.25) is 4.79 Å². The number of hydrogen-bond acceptors (Lipinski definition) is 5. The zero-order valence-corrected chi connectivity index (χ0v) is 17.5. The van der Waals surface area contributed by atoms with Crippen molar-refractivity contribution in [3.05, 3.63) is 45.5 Å². The van der Waals surface area contributed by atoms with Crippen LogP contribution in [0.1, 0.15) is 29.6 Å². The zero-order valence-electron chi connectivity index (χ0n) is 15.4. The maximum Gasteiger partial charge on any atom is 0.254 e. The van der Waals surface area contributed by atoms with Gasteiger partial charge in [0, 0.05) is 48.4 Å². The fourth-order valence-electron chi connectivity index (χ4n) is 3.72. The monoisotopic (exact) mass is 477 g/mol. The van der Waals surface area contributed by atoms with Crippen LogP contribution in [0.5, 0.6) is 0 Å². The fraction of sp³-hybridized carbons (Fsp3) is 0.450. The summed E-state index contributed by atoms with van der Waals surface area (Å²) in [6.45, 7) is 5.14. The number of rotatable bonds is 3. The lowest BCUT2D eigenvalue weighted by Gasteiger charge is -2.35. The molecule has 2 fully saturated rings. The Morgan fingerprint density at radius 3 is 2.04 bits per heavy atom. The van der Waals surface area contributed by atoms with Gasteiger partial charge in [0.2, 0.25) is 0 Å². The van der Waals surface area contributed by atoms with Crippen LogP contribution in [-0.2, 0) is 0 Å². The molecule has 3 heterocycles. The minimum Gasteiger partial charge on any atom is -0.355 e. The minimum atomic E-state index is 0.111. The quantitative estimate of drug-likeness (QED) is 0.637. The number of carbonyl (C=O) groups excluding carboxylic acids is 1. The maximum atomic E-state index is 12.7. The van der Waals surface area contributed by atoms with Crippen molar-refractivity contribution in [3.63, 3.8) is 0 Å². The second-order valence-electron chi connectivity index (χ2n) is 7.09. The standard InChI is InChI=1S/C20H24IN5O/c21-17-6-4-5-16(15-17)20(27)26-13-11-25(12-14-26)19-8-7-18(22-23-19)24-9-2-1-3-10-24/h4-8,15H,1-3,9-14H2. The molecule has 0 atom stereocenters. The van der Waals surface area contributed by atoms with Crippen LogP contribution >= 0.6 is 22.6 Å². The van der Waals surface area contributed by atoms with Crippen LogP contribution in [0.2, 0.25) is 0 Å². The number of hydrogen-bond donors (Lipinski definition) is 0. The average Bonchev–Trinajstić information content (AvgIpc) is 2.74. The molecule has 2 saturated heterocycles. The van der Waals surface area contributed by atoms with E-state index in [1.807, 2.05) is 29.2 Å². The SMILES string of the molecule is O=C(c1cccc(I)c1)N1CCN(c2ccc(N3CCCCC3)nn2)CC1. The molecule has 0 radical (unpaired) electrons. The third kappa shape index (κ3) is 4.34. The van der Waals surface area contributed by atoms with Crippen LogP contribution in [-0.4, -0.2) is 60.3 Å². The Morgan fingerprint density at radius 1 is 0.815 bits per heavy atom. The normalized spacial score (nSPS) is 17.9. The van der Waals surface area contributed by atoms with Crippen LogP contribution in [0.15, 0.2) is 36.4 Å². The van der Waals surface area contributed by atoms with E-state index in [1.165, 1.54) is 19.3 Å². The molecule has 0 N–H and O–H groups in total. The summed E-state index contributed by atoms with van der Waals surface area (Å²) in [7, 11) is 0. The van der Waals surface area contributed by atoms with Gasteiger partial charge in [-0.05, 0) is 72.2 Å². The van der Waals surface area contributed by atoms with E-state index < -0.39 is 0 Å². The summed E-state index contributed by atoms with van der Waals surface area (Å²) in [5.74, 6) is 1.99. The van der Waals surface area contributed by atoms with Gasteiger partial charge in [0.1, 0.15) is 0 Å². The van der Waals surface area contributed by atoms with Crippen molar-refractivity contribution in [2.45, 2.75) is 19.3 Å². The largest absolute Gasteiger partial charge is 0.355 e. The molecule has 1 amide bonds. The third-order valence-corrected chi connectivity index (χ3v) is 5.95. The number of anilines is 2. The van der Waals surface area contributed by atoms with Crippen LogP contribution in [0, 0.1) is 3.57 Å². The number of nitrogens with zero attached hydrogens (tertiary/aromatic N) is 5. The number of amides is 1. The molecule has 2 aromatic rings. The van der Waals surface area contributed by atoms with Crippen molar-refractivity contribution in [2.24, 2.45) is 0 Å². The molecule has 0 bridgehead atoms. The van der Waals surface area contributed by atoms with Crippen molar-refractivity contribution in [1.29, 1.82) is 0 Å². The molecule has 27 heavy (non-hydrogen) atoms. The van der Waals surface area contributed by atoms with E-state index in [-0.39, 0.29) is 5.91 Å². The first-order chi connectivity index (χ1) is 13.2. The highest BCUT2D eigenvalue weighted by molar-refractivity contribution is 14.1. The lowest BCUT2D eigenvalue weighted by Crippen LogP contribution is -2.49. The highest BCUT2D eigenvalue weighted by Gasteiger charge is 2.23. The minimum absolute atomic E-state index is 0.111. The maximum absolute atomic E-state index is 12.7. The number of benzene rings is 1. The Labute approximate surface area is 173 Å². The van der Waals surface area contributed by atoms with Crippen molar-refractivity contribution in [2.75, 3.05) is 49.1 Å². The first-order valence-corrected chi connectivity index (χ1v) is 10.7. The van der Waals surface area contributed by atoms with E-state index in [4.69, 9.17) is 0 Å². The molecular formula is C20H24IN5O. The van der Waals surface area contributed by atoms with Gasteiger partial charge in [-0.1, -0.05) is 6.07 Å². The lowest BCUT2D eigenvalue weighted by atomic mass is 10.1. The van der Waals surface area contributed by atoms with E-state index in [0.29, 0.717) is 13.1 Å². The number of halogens is 1. The first kappa shape index (κ1) is 18.5. The Balaban J connectivity index is 1.35. The van der Waals surface area contributed by atoms with Gasteiger partial charge in [-0.25, -0.2) is 0 Å². The second-order valence-corrected chi connectivity index (χ2v) is 8.33. The van der Waals surface area contributed by atoms with E-state index >= 15 is 0 Å². The summed E-state index contributed by atoms with van der Waals surface area (Å²) in [5, 5.41) is 8.89. The first-order valence-electron chi connectivity index (χ1n) is 9.59. The molecule has 6 nitrogen and oxygen atoms in total. The van der Waals surface area contributed by atoms with Crippen molar-refractivity contribution in [3.8, 4) is 0 Å². The summed E-state index contributed by atoms with van der Waals surface area (Å²) < 4.78 is 1.08. The van der Waals surface area contributed by atoms with E-state index in [1.54, 1.807) is 0 Å². The van der Waals surface area contributed by atoms with Crippen molar-refractivity contribution < 1.29 is 4.79 Å². The molecule has 7 heteroatoms. The molecule has 0 aliphatic carbocycles. The third-order valence-electron chi connectivity index (χ3n) is 5.28. The zero-order chi connectivity index (χ0) is 18.6. The summed E-state index contributed by atoms with van der Waals surface area (Å²) in [5.41, 5.74) is 0.765. The molecule has 4 rings (SSSR count). The highest BCUT2D eigenvalue weighted by Crippen LogP contribution is 2.20. The predicted octanol–water partition coefficient (Wildman–Crippen LogP) is 3.03. The van der Waals surface area contributed by atoms with Gasteiger partial charge in [0.05, 0.1) is 0 Å². The van der Waals surface area contributed by atoms with E-state index in [0.717, 1.165) is 46.9 Å². The Hall–Kier alpha value is -1.90. The summed E-state index contributed by atoms with van der Waals surface area (Å²) in [6, 6.07) is 11.9. The summed E-state index contributed by atoms with van der Waals surface area (Å²) >= 11 is 2.24. The van der Waals surface area contributed by atoms with Crippen LogP contribution < -0.4 is 9.80 Å². The Kier molecular flexibility index (Phi) is 5.75. The molecule has 2 aliphatic rings. The lowest BCUT2D eigenvalue weighted by molar-refractivity contribution is 0.0746. The number of piperidine rings is 1. The predicted molar refractivity (Wildman–Crippen MR) is 115 cm³/mol. The smallest absolute Gasteiger partial charge is 0.254 e. The molecule has 2 aliphatic heterocycles. The van der Waals surface area contributed by atoms with Crippen LogP contribution in [0.3, 0.4) is 0 Å². The Bertz CT molecular complexity index is 783. The van der Waals surface area contributed by atoms with Gasteiger partial charge < -0.3 is 14.7 Å². The topological polar surface area (TPSA) is 52.6 Å². The number of piperazine rings is 1. The average molecular weight is 477 g/mol. The molecule has 0 unspecified atom stereocenters. The molecule has 1 aromatic carbocycles. The number of carbonyl (C=O) groups is 1. The van der Waals surface area contributed by atoms with E-state index in [2.05, 4.69) is 54.7 Å². The molecule has 0 spiro atoms. The highest BCUT2D eigenvalue weighted by atomic mass is 127. The molecule has 1 aromatic heterocycles. The van der Waals surface area contributed by atoms with Gasteiger partial charge in [0.15, 0.2) is 11.6 Å². The number of aromatic nitrogens is 2. The van der Waals surface area contributed by atoms with Gasteiger partial charge in [-0.2, -0.15) is 0 Å². The summed E-state index contributed by atoms with van der Waals surface area (Å²) in [6.07, 6.45) is 3.78. The molecular weight excluding hydrogens is 453 g/mol.